The molecule has 0 aliphatic heterocycles. The average Bonchev–Trinajstić information content (AvgIpc) is 3.16. The fourth-order valence-corrected chi connectivity index (χ4v) is 3.79. The van der Waals surface area contributed by atoms with Crippen molar-refractivity contribution < 1.29 is 9.90 Å². The first-order valence-corrected chi connectivity index (χ1v) is 10.7. The van der Waals surface area contributed by atoms with Crippen molar-refractivity contribution in [1.82, 2.24) is 24.6 Å². The molecule has 0 saturated carbocycles. The maximum absolute atomic E-state index is 13.5. The van der Waals surface area contributed by atoms with Gasteiger partial charge in [-0.2, -0.15) is 5.10 Å². The molecule has 0 unspecified atom stereocenters. The maximum atomic E-state index is 13.5. The summed E-state index contributed by atoms with van der Waals surface area (Å²) in [6.07, 6.45) is 2.55. The van der Waals surface area contributed by atoms with E-state index < -0.39 is 0 Å². The number of carbonyl (C=O) groups is 1. The fourth-order valence-electron chi connectivity index (χ4n) is 3.61. The molecule has 2 heterocycles. The molecule has 2 aromatic carbocycles. The molecule has 164 valence electrons. The number of aromatic nitrogens is 4. The molecule has 1 N–H and O–H groups in total. The molecule has 0 aliphatic rings. The minimum absolute atomic E-state index is 0.210. The highest BCUT2D eigenvalue weighted by Gasteiger charge is 2.21. The highest BCUT2D eigenvalue weighted by molar-refractivity contribution is 6.31. The van der Waals surface area contributed by atoms with Gasteiger partial charge in [0.1, 0.15) is 12.4 Å². The summed E-state index contributed by atoms with van der Waals surface area (Å²) >= 11 is 6.23. The van der Waals surface area contributed by atoms with Crippen molar-refractivity contribution in [3.05, 3.63) is 76.2 Å². The Kier molecular flexibility index (Phi) is 6.21. The summed E-state index contributed by atoms with van der Waals surface area (Å²) in [5.74, 6) is 0.250. The van der Waals surface area contributed by atoms with Gasteiger partial charge in [0, 0.05) is 40.8 Å². The van der Waals surface area contributed by atoms with E-state index in [0.717, 1.165) is 23.2 Å². The maximum Gasteiger partial charge on any atom is 0.273 e. The molecule has 4 rings (SSSR count). The number of hydrogen-bond donors (Lipinski definition) is 1. The second-order valence-corrected chi connectivity index (χ2v) is 8.11. The van der Waals surface area contributed by atoms with Gasteiger partial charge in [0.25, 0.3) is 5.91 Å². The second kappa shape index (κ2) is 9.06. The van der Waals surface area contributed by atoms with Gasteiger partial charge in [0.2, 0.25) is 0 Å². The van der Waals surface area contributed by atoms with Gasteiger partial charge < -0.3 is 10.0 Å². The number of aliphatic hydroxyl groups is 1. The third kappa shape index (κ3) is 4.22. The monoisotopic (exact) mass is 449 g/mol. The number of benzene rings is 2. The summed E-state index contributed by atoms with van der Waals surface area (Å²) in [6, 6.07) is 13.3. The summed E-state index contributed by atoms with van der Waals surface area (Å²) in [5.41, 5.74) is 4.63. The summed E-state index contributed by atoms with van der Waals surface area (Å²) in [5, 5.41) is 14.6. The van der Waals surface area contributed by atoms with E-state index in [1.54, 1.807) is 36.3 Å². The molecular weight excluding hydrogens is 426 g/mol. The second-order valence-electron chi connectivity index (χ2n) is 7.67. The quantitative estimate of drug-likeness (QED) is 0.476. The molecule has 0 spiro atoms. The van der Waals surface area contributed by atoms with Crippen molar-refractivity contribution in [2.24, 2.45) is 0 Å². The fraction of sp³-hybridized carbons (Fsp3) is 0.250. The van der Waals surface area contributed by atoms with Crippen molar-refractivity contribution >= 4 is 28.4 Å². The first kappa shape index (κ1) is 21.9. The number of fused-ring (bicyclic) bond motifs is 1. The molecule has 2 aromatic heterocycles. The van der Waals surface area contributed by atoms with Gasteiger partial charge in [-0.05, 0) is 43.2 Å². The number of aliphatic hydroxyl groups excluding tert-OH is 1. The van der Waals surface area contributed by atoms with Crippen molar-refractivity contribution in [3.63, 3.8) is 0 Å². The van der Waals surface area contributed by atoms with Crippen LogP contribution in [0.25, 0.3) is 22.3 Å². The van der Waals surface area contributed by atoms with E-state index >= 15 is 0 Å². The number of nitrogens with zero attached hydrogens (tertiary/aromatic N) is 5. The van der Waals surface area contributed by atoms with E-state index in [9.17, 15) is 9.90 Å². The lowest BCUT2D eigenvalue weighted by atomic mass is 10.1. The van der Waals surface area contributed by atoms with Crippen molar-refractivity contribution in [2.45, 2.75) is 33.5 Å². The van der Waals surface area contributed by atoms with E-state index in [2.05, 4.69) is 23.1 Å². The highest BCUT2D eigenvalue weighted by atomic mass is 35.5. The molecule has 32 heavy (non-hydrogen) atoms. The van der Waals surface area contributed by atoms with Crippen LogP contribution in [0.1, 0.15) is 34.2 Å². The minimum atomic E-state index is -0.247. The molecule has 1 amide bonds. The summed E-state index contributed by atoms with van der Waals surface area (Å²) < 4.78 is 1.48. The first-order chi connectivity index (χ1) is 15.4. The number of halogens is 1. The van der Waals surface area contributed by atoms with E-state index in [-0.39, 0.29) is 12.6 Å². The zero-order valence-electron chi connectivity index (χ0n) is 18.2. The van der Waals surface area contributed by atoms with E-state index in [4.69, 9.17) is 16.6 Å². The number of amides is 1. The minimum Gasteiger partial charge on any atom is -0.374 e. The van der Waals surface area contributed by atoms with Crippen LogP contribution in [0.3, 0.4) is 0 Å². The van der Waals surface area contributed by atoms with Crippen LogP contribution in [0.2, 0.25) is 5.02 Å². The van der Waals surface area contributed by atoms with Gasteiger partial charge in [-0.3, -0.25) is 4.79 Å². The Morgan fingerprint density at radius 2 is 2.00 bits per heavy atom. The zero-order chi connectivity index (χ0) is 22.8. The van der Waals surface area contributed by atoms with Gasteiger partial charge in [-0.25, -0.2) is 14.6 Å². The lowest BCUT2D eigenvalue weighted by Gasteiger charge is -2.18. The molecule has 8 heteroatoms. The van der Waals surface area contributed by atoms with Gasteiger partial charge >= 0.3 is 0 Å². The Labute approximate surface area is 191 Å². The first-order valence-electron chi connectivity index (χ1n) is 10.4. The smallest absolute Gasteiger partial charge is 0.273 e. The van der Waals surface area contributed by atoms with Crippen LogP contribution >= 0.6 is 11.6 Å². The molecule has 4 aromatic rings. The highest BCUT2D eigenvalue weighted by Crippen LogP contribution is 2.26. The third-order valence-electron chi connectivity index (χ3n) is 5.55. The van der Waals surface area contributed by atoms with Gasteiger partial charge in [0.05, 0.1) is 11.7 Å². The molecule has 7 nitrogen and oxygen atoms in total. The number of aryl methyl sites for hydroxylation is 1. The Hall–Kier alpha value is -3.29. The third-order valence-corrected chi connectivity index (χ3v) is 5.78. The van der Waals surface area contributed by atoms with E-state index in [1.807, 2.05) is 25.1 Å². The van der Waals surface area contributed by atoms with E-state index in [1.165, 1.54) is 10.2 Å². The lowest BCUT2D eigenvalue weighted by Crippen LogP contribution is -2.27. The van der Waals surface area contributed by atoms with Gasteiger partial charge in [-0.1, -0.05) is 36.7 Å². The molecular formula is C24H24ClN5O2. The van der Waals surface area contributed by atoms with Gasteiger partial charge in [0.15, 0.2) is 5.82 Å². The predicted molar refractivity (Wildman–Crippen MR) is 124 cm³/mol. The predicted octanol–water partition coefficient (Wildman–Crippen LogP) is 4.24. The van der Waals surface area contributed by atoms with Crippen LogP contribution < -0.4 is 0 Å². The summed E-state index contributed by atoms with van der Waals surface area (Å²) in [4.78, 5) is 24.4. The molecule has 0 radical (unpaired) electrons. The number of carbonyl (C=O) groups excluding carboxylic acids is 1. The average molecular weight is 450 g/mol. The Balaban J connectivity index is 1.77. The Bertz CT molecular complexity index is 1300. The van der Waals surface area contributed by atoms with Crippen LogP contribution in [0, 0.1) is 6.92 Å². The van der Waals surface area contributed by atoms with Crippen LogP contribution in [-0.2, 0) is 19.7 Å². The van der Waals surface area contributed by atoms with Crippen molar-refractivity contribution in [2.75, 3.05) is 7.05 Å². The van der Waals surface area contributed by atoms with E-state index in [0.29, 0.717) is 34.0 Å². The van der Waals surface area contributed by atoms with Crippen molar-refractivity contribution in [1.29, 1.82) is 0 Å². The number of rotatable bonds is 6. The zero-order valence-corrected chi connectivity index (χ0v) is 19.0. The van der Waals surface area contributed by atoms with Crippen LogP contribution in [0.15, 0.2) is 48.7 Å². The van der Waals surface area contributed by atoms with Crippen LogP contribution in [0.4, 0.5) is 0 Å². The summed E-state index contributed by atoms with van der Waals surface area (Å²) in [7, 11) is 1.72. The Morgan fingerprint density at radius 1 is 1.19 bits per heavy atom. The standard InChI is InChI=1S/C24H24ClN5O2/c1-4-16-6-5-7-17(10-16)23-27-21-9-8-19(25)11-20(21)22(28-23)24(32)29(3)13-18-12-26-30(14-31)15(18)2/h5-12,31H,4,13-14H2,1-3H3. The normalized spacial score (nSPS) is 11.2. The number of hydrogen-bond acceptors (Lipinski definition) is 5. The molecule has 0 bridgehead atoms. The van der Waals surface area contributed by atoms with Crippen LogP contribution in [0.5, 0.6) is 0 Å². The summed E-state index contributed by atoms with van der Waals surface area (Å²) in [6.45, 7) is 4.07. The lowest BCUT2D eigenvalue weighted by molar-refractivity contribution is 0.0781. The largest absolute Gasteiger partial charge is 0.374 e. The SMILES string of the molecule is CCc1cccc(-c2nc(C(=O)N(C)Cc3cnn(CO)c3C)c3cc(Cl)ccc3n2)c1. The van der Waals surface area contributed by atoms with Gasteiger partial charge in [-0.15, -0.1) is 0 Å². The van der Waals surface area contributed by atoms with Crippen molar-refractivity contribution in [3.8, 4) is 11.4 Å². The molecule has 0 fully saturated rings. The molecule has 0 saturated heterocycles. The van der Waals surface area contributed by atoms with Crippen LogP contribution in [-0.4, -0.2) is 42.7 Å². The Morgan fingerprint density at radius 3 is 2.72 bits per heavy atom. The molecule has 0 aliphatic carbocycles. The molecule has 0 atom stereocenters. The topological polar surface area (TPSA) is 84.1 Å².